The average Bonchev–Trinajstić information content (AvgIpc) is 2.37. The molecule has 1 rings (SSSR count). The van der Waals surface area contributed by atoms with E-state index in [1.807, 2.05) is 13.8 Å². The number of benzene rings is 1. The maximum absolute atomic E-state index is 13.6. The first-order chi connectivity index (χ1) is 8.58. The second kappa shape index (κ2) is 6.77. The van der Waals surface area contributed by atoms with Crippen LogP contribution < -0.4 is 5.32 Å². The summed E-state index contributed by atoms with van der Waals surface area (Å²) >= 11 is 0. The number of amides is 1. The molecule has 1 aromatic rings. The van der Waals surface area contributed by atoms with Crippen LogP contribution in [0.15, 0.2) is 18.2 Å². The van der Waals surface area contributed by atoms with E-state index in [1.54, 1.807) is 0 Å². The van der Waals surface area contributed by atoms with Gasteiger partial charge in [-0.1, -0.05) is 18.8 Å². The number of rotatable bonds is 3. The van der Waals surface area contributed by atoms with E-state index in [4.69, 9.17) is 5.11 Å². The van der Waals surface area contributed by atoms with Crippen LogP contribution in [0, 0.1) is 17.7 Å². The van der Waals surface area contributed by atoms with Crippen LogP contribution in [0.1, 0.15) is 36.2 Å². The summed E-state index contributed by atoms with van der Waals surface area (Å²) in [5.41, 5.74) is 0.437. The highest BCUT2D eigenvalue weighted by atomic mass is 19.1. The average molecular weight is 249 g/mol. The van der Waals surface area contributed by atoms with Crippen LogP contribution in [0.3, 0.4) is 0 Å². The fourth-order valence-corrected chi connectivity index (χ4v) is 1.30. The molecule has 0 radical (unpaired) electrons. The molecular formula is C14H16FNO2. The molecule has 96 valence electrons. The molecule has 1 unspecified atom stereocenters. The summed E-state index contributed by atoms with van der Waals surface area (Å²) in [6, 6.07) is 4.15. The third-order valence-electron chi connectivity index (χ3n) is 2.52. The van der Waals surface area contributed by atoms with Gasteiger partial charge in [-0.2, -0.15) is 0 Å². The van der Waals surface area contributed by atoms with Crippen LogP contribution in [0.5, 0.6) is 0 Å². The molecule has 3 nitrogen and oxygen atoms in total. The van der Waals surface area contributed by atoms with E-state index in [2.05, 4.69) is 17.2 Å². The van der Waals surface area contributed by atoms with Crippen molar-refractivity contribution in [3.63, 3.8) is 0 Å². The molecule has 0 aromatic heterocycles. The van der Waals surface area contributed by atoms with Crippen molar-refractivity contribution >= 4 is 5.91 Å². The quantitative estimate of drug-likeness (QED) is 0.801. The smallest absolute Gasteiger partial charge is 0.251 e. The number of hydrogen-bond donors (Lipinski definition) is 2. The van der Waals surface area contributed by atoms with Crippen molar-refractivity contribution in [2.75, 3.05) is 6.61 Å². The molecule has 0 aliphatic rings. The Balaban J connectivity index is 2.87. The Labute approximate surface area is 106 Å². The number of carbonyl (C=O) groups is 1. The van der Waals surface area contributed by atoms with Gasteiger partial charge in [0.1, 0.15) is 12.4 Å². The van der Waals surface area contributed by atoms with Crippen molar-refractivity contribution in [3.05, 3.63) is 35.1 Å². The number of halogens is 1. The summed E-state index contributed by atoms with van der Waals surface area (Å²) in [4.78, 5) is 11.7. The van der Waals surface area contributed by atoms with E-state index in [9.17, 15) is 9.18 Å². The summed E-state index contributed by atoms with van der Waals surface area (Å²) in [7, 11) is 0. The van der Waals surface area contributed by atoms with Gasteiger partial charge in [-0.15, -0.1) is 0 Å². The lowest BCUT2D eigenvalue weighted by Gasteiger charge is -2.11. The molecule has 2 N–H and O–H groups in total. The Morgan fingerprint density at radius 2 is 2.28 bits per heavy atom. The minimum absolute atomic E-state index is 0.0504. The van der Waals surface area contributed by atoms with Crippen molar-refractivity contribution in [1.82, 2.24) is 5.32 Å². The number of carbonyl (C=O) groups excluding carboxylic acids is 1. The lowest BCUT2D eigenvalue weighted by Crippen LogP contribution is -2.31. The van der Waals surface area contributed by atoms with Gasteiger partial charge < -0.3 is 10.4 Å². The molecule has 0 fully saturated rings. The summed E-state index contributed by atoms with van der Waals surface area (Å²) < 4.78 is 13.6. The molecule has 0 spiro atoms. The molecule has 0 saturated carbocycles. The van der Waals surface area contributed by atoms with Crippen LogP contribution in [0.25, 0.3) is 0 Å². The lowest BCUT2D eigenvalue weighted by molar-refractivity contribution is 0.0939. The van der Waals surface area contributed by atoms with Crippen molar-refractivity contribution in [2.24, 2.45) is 0 Å². The minimum Gasteiger partial charge on any atom is -0.384 e. The predicted octanol–water partition coefficient (Wildman–Crippen LogP) is 1.70. The zero-order chi connectivity index (χ0) is 13.5. The zero-order valence-corrected chi connectivity index (χ0v) is 10.5. The van der Waals surface area contributed by atoms with Crippen LogP contribution >= 0.6 is 0 Å². The standard InChI is InChI=1S/C14H16FNO2/c1-3-10(2)16-14(18)12-7-6-11(5-4-8-17)13(15)9-12/h6-7,9-10,17H,3,8H2,1-2H3,(H,16,18). The van der Waals surface area contributed by atoms with Gasteiger partial charge in [-0.05, 0) is 31.5 Å². The highest BCUT2D eigenvalue weighted by Crippen LogP contribution is 2.10. The number of hydrogen-bond acceptors (Lipinski definition) is 2. The van der Waals surface area contributed by atoms with E-state index in [0.29, 0.717) is 0 Å². The molecular weight excluding hydrogens is 233 g/mol. The third kappa shape index (κ3) is 3.86. The molecule has 1 atom stereocenters. The van der Waals surface area contributed by atoms with Crippen molar-refractivity contribution in [3.8, 4) is 11.8 Å². The van der Waals surface area contributed by atoms with Crippen LogP contribution in [-0.2, 0) is 0 Å². The van der Waals surface area contributed by atoms with Gasteiger partial charge in [0.2, 0.25) is 0 Å². The van der Waals surface area contributed by atoms with Gasteiger partial charge >= 0.3 is 0 Å². The maximum Gasteiger partial charge on any atom is 0.251 e. The molecule has 0 heterocycles. The molecule has 0 aliphatic heterocycles. The monoisotopic (exact) mass is 249 g/mol. The summed E-state index contributed by atoms with van der Waals surface area (Å²) in [5, 5.41) is 11.3. The van der Waals surface area contributed by atoms with Crippen LogP contribution in [0.2, 0.25) is 0 Å². The summed E-state index contributed by atoms with van der Waals surface area (Å²) in [5.74, 6) is 3.97. The molecule has 1 aromatic carbocycles. The first-order valence-corrected chi connectivity index (χ1v) is 5.78. The lowest BCUT2D eigenvalue weighted by atomic mass is 10.1. The number of nitrogens with one attached hydrogen (secondary N) is 1. The fourth-order valence-electron chi connectivity index (χ4n) is 1.30. The van der Waals surface area contributed by atoms with Gasteiger partial charge in [0.15, 0.2) is 0 Å². The molecule has 4 heteroatoms. The Kier molecular flexibility index (Phi) is 5.34. The van der Waals surface area contributed by atoms with Crippen molar-refractivity contribution < 1.29 is 14.3 Å². The first kappa shape index (κ1) is 14.2. The molecule has 0 aliphatic carbocycles. The van der Waals surface area contributed by atoms with Gasteiger partial charge in [0.05, 0.1) is 5.56 Å². The van der Waals surface area contributed by atoms with Gasteiger partial charge in [-0.3, -0.25) is 4.79 Å². The maximum atomic E-state index is 13.6. The highest BCUT2D eigenvalue weighted by molar-refractivity contribution is 5.94. The normalized spacial score (nSPS) is 11.3. The fraction of sp³-hybridized carbons (Fsp3) is 0.357. The van der Waals surface area contributed by atoms with Crippen LogP contribution in [-0.4, -0.2) is 23.7 Å². The topological polar surface area (TPSA) is 49.3 Å². The highest BCUT2D eigenvalue weighted by Gasteiger charge is 2.10. The Hall–Kier alpha value is -1.86. The van der Waals surface area contributed by atoms with Crippen LogP contribution in [0.4, 0.5) is 4.39 Å². The van der Waals surface area contributed by atoms with E-state index < -0.39 is 5.82 Å². The SMILES string of the molecule is CCC(C)NC(=O)c1ccc(C#CCO)c(F)c1. The second-order valence-corrected chi connectivity index (χ2v) is 3.94. The Morgan fingerprint density at radius 3 is 2.83 bits per heavy atom. The van der Waals surface area contributed by atoms with E-state index in [1.165, 1.54) is 12.1 Å². The van der Waals surface area contributed by atoms with E-state index >= 15 is 0 Å². The van der Waals surface area contributed by atoms with Gasteiger partial charge in [0.25, 0.3) is 5.91 Å². The molecule has 1 amide bonds. The third-order valence-corrected chi connectivity index (χ3v) is 2.52. The van der Waals surface area contributed by atoms with Gasteiger partial charge in [-0.25, -0.2) is 4.39 Å². The van der Waals surface area contributed by atoms with Gasteiger partial charge in [0, 0.05) is 11.6 Å². The Morgan fingerprint density at radius 1 is 1.56 bits per heavy atom. The van der Waals surface area contributed by atoms with E-state index in [0.717, 1.165) is 12.5 Å². The van der Waals surface area contributed by atoms with E-state index in [-0.39, 0.29) is 29.7 Å². The largest absolute Gasteiger partial charge is 0.384 e. The molecule has 0 bridgehead atoms. The molecule has 0 saturated heterocycles. The zero-order valence-electron chi connectivity index (χ0n) is 10.5. The second-order valence-electron chi connectivity index (χ2n) is 3.94. The number of aliphatic hydroxyl groups is 1. The minimum atomic E-state index is -0.562. The van der Waals surface area contributed by atoms with Crippen molar-refractivity contribution in [2.45, 2.75) is 26.3 Å². The summed E-state index contributed by atoms with van der Waals surface area (Å²) in [6.45, 7) is 3.52. The van der Waals surface area contributed by atoms with Crippen molar-refractivity contribution in [1.29, 1.82) is 0 Å². The number of aliphatic hydroxyl groups excluding tert-OH is 1. The summed E-state index contributed by atoms with van der Waals surface area (Å²) in [6.07, 6.45) is 0.814. The predicted molar refractivity (Wildman–Crippen MR) is 67.6 cm³/mol. The molecule has 18 heavy (non-hydrogen) atoms. The Bertz CT molecular complexity index is 488. The first-order valence-electron chi connectivity index (χ1n) is 5.78.